The molecule has 0 N–H and O–H groups in total. The lowest BCUT2D eigenvalue weighted by molar-refractivity contribution is 0.450. The molecule has 0 fully saturated rings. The highest BCUT2D eigenvalue weighted by molar-refractivity contribution is 5.43. The third-order valence-corrected chi connectivity index (χ3v) is 4.86. The van der Waals surface area contributed by atoms with E-state index in [0.29, 0.717) is 28.7 Å². The highest BCUT2D eigenvalue weighted by atomic mass is 16.5. The minimum atomic E-state index is 0.665. The Labute approximate surface area is 198 Å². The van der Waals surface area contributed by atoms with E-state index in [2.05, 4.69) is 0 Å². The summed E-state index contributed by atoms with van der Waals surface area (Å²) in [6.45, 7) is 0. The molecule has 0 aliphatic carbocycles. The summed E-state index contributed by atoms with van der Waals surface area (Å²) in [5.41, 5.74) is 0. The summed E-state index contributed by atoms with van der Waals surface area (Å²) >= 11 is 0. The molecule has 0 saturated heterocycles. The summed E-state index contributed by atoms with van der Waals surface area (Å²) in [5.74, 6) is 5.73. The van der Waals surface area contributed by atoms with E-state index in [9.17, 15) is 0 Å². The Bertz CT molecular complexity index is 1330. The molecule has 5 aromatic rings. The van der Waals surface area contributed by atoms with Crippen molar-refractivity contribution in [1.29, 1.82) is 0 Å². The Balaban J connectivity index is 1.23. The average Bonchev–Trinajstić information content (AvgIpc) is 2.87. The van der Waals surface area contributed by atoms with Crippen molar-refractivity contribution in [3.8, 4) is 46.0 Å². The van der Waals surface area contributed by atoms with Gasteiger partial charge < -0.3 is 18.9 Å². The molecule has 34 heavy (non-hydrogen) atoms. The van der Waals surface area contributed by atoms with Crippen molar-refractivity contribution in [1.82, 2.24) is 0 Å². The molecule has 0 bridgehead atoms. The molecule has 5 aromatic carbocycles. The van der Waals surface area contributed by atoms with Gasteiger partial charge in [-0.2, -0.15) is 0 Å². The maximum atomic E-state index is 6.04. The molecule has 166 valence electrons. The number of para-hydroxylation sites is 2. The van der Waals surface area contributed by atoms with E-state index in [1.165, 1.54) is 0 Å². The molecule has 5 rings (SSSR count). The Morgan fingerprint density at radius 2 is 0.500 bits per heavy atom. The van der Waals surface area contributed by atoms with Crippen LogP contribution in [0.4, 0.5) is 0 Å². The van der Waals surface area contributed by atoms with Gasteiger partial charge in [0.2, 0.25) is 0 Å². The second kappa shape index (κ2) is 10.3. The van der Waals surface area contributed by atoms with Crippen molar-refractivity contribution in [2.24, 2.45) is 0 Å². The Kier molecular flexibility index (Phi) is 6.40. The minimum absolute atomic E-state index is 0.665. The van der Waals surface area contributed by atoms with Crippen molar-refractivity contribution < 1.29 is 18.9 Å². The molecule has 0 atom stereocenters. The summed E-state index contributed by atoms with van der Waals surface area (Å²) in [7, 11) is 0. The van der Waals surface area contributed by atoms with E-state index in [1.54, 1.807) is 0 Å². The van der Waals surface area contributed by atoms with Gasteiger partial charge in [0.05, 0.1) is 0 Å². The van der Waals surface area contributed by atoms with Gasteiger partial charge in [-0.15, -0.1) is 0 Å². The fourth-order valence-corrected chi connectivity index (χ4v) is 3.30. The maximum absolute atomic E-state index is 6.04. The highest BCUT2D eigenvalue weighted by Gasteiger charge is 2.05. The van der Waals surface area contributed by atoms with Gasteiger partial charge in [-0.05, 0) is 72.8 Å². The molecule has 0 aliphatic heterocycles. The molecule has 0 aliphatic rings. The smallest absolute Gasteiger partial charge is 0.131 e. The first-order valence-corrected chi connectivity index (χ1v) is 10.9. The number of hydrogen-bond donors (Lipinski definition) is 0. The zero-order valence-corrected chi connectivity index (χ0v) is 18.3. The molecular formula is C30H22O4. The van der Waals surface area contributed by atoms with Crippen molar-refractivity contribution in [2.45, 2.75) is 0 Å². The first kappa shape index (κ1) is 21.2. The van der Waals surface area contributed by atoms with Crippen LogP contribution in [0.5, 0.6) is 46.0 Å². The monoisotopic (exact) mass is 446 g/mol. The van der Waals surface area contributed by atoms with Crippen LogP contribution in [-0.2, 0) is 0 Å². The fourth-order valence-electron chi connectivity index (χ4n) is 3.30. The number of ether oxygens (including phenoxy) is 4. The quantitative estimate of drug-likeness (QED) is 0.238. The zero-order valence-electron chi connectivity index (χ0n) is 18.3. The summed E-state index contributed by atoms with van der Waals surface area (Å²) in [4.78, 5) is 0. The predicted octanol–water partition coefficient (Wildman–Crippen LogP) is 8.86. The van der Waals surface area contributed by atoms with E-state index in [1.807, 2.05) is 133 Å². The van der Waals surface area contributed by atoms with E-state index < -0.39 is 0 Å². The van der Waals surface area contributed by atoms with Gasteiger partial charge in [0.15, 0.2) is 0 Å². The SMILES string of the molecule is c1ccc(Oc2ccc(Oc3cccc(Oc4cccc(Oc5ccccc5)c4)c3)cc2)cc1. The molecule has 0 spiro atoms. The minimum Gasteiger partial charge on any atom is -0.457 e. The normalized spacial score (nSPS) is 10.4. The zero-order chi connectivity index (χ0) is 23.0. The van der Waals surface area contributed by atoms with Crippen molar-refractivity contribution in [3.63, 3.8) is 0 Å². The van der Waals surface area contributed by atoms with Crippen LogP contribution in [0.25, 0.3) is 0 Å². The molecule has 0 aromatic heterocycles. The average molecular weight is 447 g/mol. The van der Waals surface area contributed by atoms with Crippen LogP contribution in [0.15, 0.2) is 133 Å². The summed E-state index contributed by atoms with van der Waals surface area (Å²) in [6, 6.07) is 41.8. The van der Waals surface area contributed by atoms with Crippen molar-refractivity contribution >= 4 is 0 Å². The van der Waals surface area contributed by atoms with E-state index in [-0.39, 0.29) is 0 Å². The third kappa shape index (κ3) is 5.75. The number of benzene rings is 5. The molecule has 0 radical (unpaired) electrons. The predicted molar refractivity (Wildman–Crippen MR) is 133 cm³/mol. The maximum Gasteiger partial charge on any atom is 0.131 e. The second-order valence-corrected chi connectivity index (χ2v) is 7.46. The topological polar surface area (TPSA) is 36.9 Å². The molecule has 0 unspecified atom stereocenters. The fraction of sp³-hybridized carbons (Fsp3) is 0. The highest BCUT2D eigenvalue weighted by Crippen LogP contribution is 2.32. The first-order valence-electron chi connectivity index (χ1n) is 10.9. The second-order valence-electron chi connectivity index (χ2n) is 7.46. The molecular weight excluding hydrogens is 424 g/mol. The first-order chi connectivity index (χ1) is 16.8. The van der Waals surface area contributed by atoms with Gasteiger partial charge in [0, 0.05) is 12.1 Å². The third-order valence-electron chi connectivity index (χ3n) is 4.86. The van der Waals surface area contributed by atoms with E-state index in [0.717, 1.165) is 17.2 Å². The van der Waals surface area contributed by atoms with Crippen molar-refractivity contribution in [3.05, 3.63) is 133 Å². The van der Waals surface area contributed by atoms with Crippen LogP contribution >= 0.6 is 0 Å². The summed E-state index contributed by atoms with van der Waals surface area (Å²) < 4.78 is 23.8. The van der Waals surface area contributed by atoms with E-state index in [4.69, 9.17) is 18.9 Å². The summed E-state index contributed by atoms with van der Waals surface area (Å²) in [5, 5.41) is 0. The van der Waals surface area contributed by atoms with Crippen molar-refractivity contribution in [2.75, 3.05) is 0 Å². The molecule has 4 nitrogen and oxygen atoms in total. The largest absolute Gasteiger partial charge is 0.457 e. The molecule has 0 amide bonds. The number of hydrogen-bond acceptors (Lipinski definition) is 4. The lowest BCUT2D eigenvalue weighted by atomic mass is 10.3. The van der Waals surface area contributed by atoms with Gasteiger partial charge in [0.25, 0.3) is 0 Å². The van der Waals surface area contributed by atoms with Gasteiger partial charge in [-0.25, -0.2) is 0 Å². The van der Waals surface area contributed by atoms with Crippen LogP contribution in [-0.4, -0.2) is 0 Å². The molecule has 0 heterocycles. The van der Waals surface area contributed by atoms with Crippen LogP contribution in [0, 0.1) is 0 Å². The van der Waals surface area contributed by atoms with Gasteiger partial charge in [-0.3, -0.25) is 0 Å². The van der Waals surface area contributed by atoms with Crippen LogP contribution < -0.4 is 18.9 Å². The lowest BCUT2D eigenvalue weighted by Gasteiger charge is -2.11. The number of rotatable bonds is 8. The van der Waals surface area contributed by atoms with Crippen LogP contribution in [0.3, 0.4) is 0 Å². The molecule has 0 saturated carbocycles. The Morgan fingerprint density at radius 3 is 0.882 bits per heavy atom. The van der Waals surface area contributed by atoms with Gasteiger partial charge >= 0.3 is 0 Å². The Hall–Kier alpha value is -4.70. The Morgan fingerprint density at radius 1 is 0.235 bits per heavy atom. The van der Waals surface area contributed by atoms with Gasteiger partial charge in [0.1, 0.15) is 46.0 Å². The van der Waals surface area contributed by atoms with E-state index >= 15 is 0 Å². The molecule has 4 heteroatoms. The lowest BCUT2D eigenvalue weighted by Crippen LogP contribution is -1.89. The summed E-state index contributed by atoms with van der Waals surface area (Å²) in [6.07, 6.45) is 0. The van der Waals surface area contributed by atoms with Crippen LogP contribution in [0.2, 0.25) is 0 Å². The standard InChI is InChI=1S/C30H22O4/c1-3-9-23(10-4-1)31-25-17-19-26(20-18-25)33-28-14-8-16-30(22-28)34-29-15-7-13-27(21-29)32-24-11-5-2-6-12-24/h1-22H. The van der Waals surface area contributed by atoms with Crippen LogP contribution in [0.1, 0.15) is 0 Å². The van der Waals surface area contributed by atoms with Gasteiger partial charge in [-0.1, -0.05) is 48.5 Å².